The van der Waals surface area contributed by atoms with E-state index >= 15 is 0 Å². The molecule has 0 aliphatic carbocycles. The highest BCUT2D eigenvalue weighted by Gasteiger charge is 2.04. The fraction of sp³-hybridized carbons (Fsp3) is 0.700. The lowest BCUT2D eigenvalue weighted by molar-refractivity contribution is 0.190. The molecule has 4 nitrogen and oxygen atoms in total. The van der Waals surface area contributed by atoms with Gasteiger partial charge < -0.3 is 14.6 Å². The first-order valence-electron chi connectivity index (χ1n) is 4.94. The van der Waals surface area contributed by atoms with Gasteiger partial charge in [0.05, 0.1) is 5.69 Å². The van der Waals surface area contributed by atoms with Crippen molar-refractivity contribution in [3.8, 4) is 0 Å². The van der Waals surface area contributed by atoms with Crippen LogP contribution in [0.3, 0.4) is 0 Å². The molecule has 1 aromatic rings. The van der Waals surface area contributed by atoms with Crippen LogP contribution in [0.5, 0.6) is 0 Å². The highest BCUT2D eigenvalue weighted by atomic mass is 16.5. The summed E-state index contributed by atoms with van der Waals surface area (Å²) >= 11 is 0. The van der Waals surface area contributed by atoms with Crippen molar-refractivity contribution < 1.29 is 4.74 Å². The Bertz CT molecular complexity index is 270. The maximum absolute atomic E-state index is 5.03. The maximum Gasteiger partial charge on any atom is 0.105 e. The van der Waals surface area contributed by atoms with E-state index in [0.29, 0.717) is 0 Å². The van der Waals surface area contributed by atoms with Crippen molar-refractivity contribution >= 4 is 0 Å². The predicted octanol–water partition coefficient (Wildman–Crippen LogP) is 0.947. The van der Waals surface area contributed by atoms with Crippen LogP contribution in [0.15, 0.2) is 6.20 Å². The number of nitrogens with one attached hydrogen (secondary N) is 1. The second-order valence-electron chi connectivity index (χ2n) is 3.33. The Balaban J connectivity index is 2.57. The molecule has 0 bridgehead atoms. The van der Waals surface area contributed by atoms with E-state index in [1.165, 1.54) is 5.69 Å². The molecule has 0 aliphatic heterocycles. The molecule has 0 aromatic carbocycles. The van der Waals surface area contributed by atoms with Crippen LogP contribution < -0.4 is 5.32 Å². The minimum absolute atomic E-state index is 0.802. The van der Waals surface area contributed by atoms with Crippen LogP contribution in [0, 0.1) is 6.92 Å². The highest BCUT2D eigenvalue weighted by Crippen LogP contribution is 2.05. The minimum Gasteiger partial charge on any atom is -0.385 e. The van der Waals surface area contributed by atoms with Crippen LogP contribution in [0.25, 0.3) is 0 Å². The van der Waals surface area contributed by atoms with Crippen LogP contribution >= 0.6 is 0 Å². The molecule has 1 N–H and O–H groups in total. The number of hydrogen-bond donors (Lipinski definition) is 1. The first-order valence-corrected chi connectivity index (χ1v) is 4.94. The van der Waals surface area contributed by atoms with E-state index in [2.05, 4.69) is 14.9 Å². The molecular weight excluding hydrogens is 178 g/mol. The molecule has 0 fully saturated rings. The second-order valence-corrected chi connectivity index (χ2v) is 3.33. The van der Waals surface area contributed by atoms with Gasteiger partial charge in [0.15, 0.2) is 0 Å². The van der Waals surface area contributed by atoms with Crippen molar-refractivity contribution in [2.45, 2.75) is 26.4 Å². The van der Waals surface area contributed by atoms with E-state index in [4.69, 9.17) is 4.74 Å². The summed E-state index contributed by atoms with van der Waals surface area (Å²) in [6.45, 7) is 4.69. The molecule has 1 rings (SSSR count). The Labute approximate surface area is 85.3 Å². The summed E-state index contributed by atoms with van der Waals surface area (Å²) in [5.41, 5.74) is 1.24. The van der Waals surface area contributed by atoms with Crippen LogP contribution in [0.2, 0.25) is 0 Å². The number of ether oxygens (including phenoxy) is 1. The highest BCUT2D eigenvalue weighted by molar-refractivity contribution is 5.04. The second kappa shape index (κ2) is 5.78. The zero-order valence-electron chi connectivity index (χ0n) is 9.21. The molecule has 14 heavy (non-hydrogen) atoms. The van der Waals surface area contributed by atoms with Crippen molar-refractivity contribution in [2.24, 2.45) is 0 Å². The lowest BCUT2D eigenvalue weighted by Gasteiger charge is -2.09. The van der Waals surface area contributed by atoms with Gasteiger partial charge in [-0.1, -0.05) is 0 Å². The molecule has 1 aromatic heterocycles. The largest absolute Gasteiger partial charge is 0.385 e. The fourth-order valence-electron chi connectivity index (χ4n) is 1.51. The number of nitrogens with zero attached hydrogens (tertiary/aromatic N) is 2. The number of rotatable bonds is 6. The van der Waals surface area contributed by atoms with E-state index in [1.54, 1.807) is 7.11 Å². The zero-order valence-corrected chi connectivity index (χ0v) is 9.21. The average Bonchev–Trinajstić information content (AvgIpc) is 2.50. The molecule has 0 atom stereocenters. The molecule has 80 valence electrons. The minimum atomic E-state index is 0.802. The molecule has 4 heteroatoms. The normalized spacial score (nSPS) is 10.8. The molecular formula is C10H19N3O. The Hall–Kier alpha value is -0.870. The molecule has 0 saturated carbocycles. The average molecular weight is 197 g/mol. The Morgan fingerprint density at radius 3 is 3.00 bits per heavy atom. The number of aromatic nitrogens is 2. The van der Waals surface area contributed by atoms with Gasteiger partial charge in [0, 0.05) is 33.0 Å². The molecule has 0 aliphatic rings. The van der Waals surface area contributed by atoms with E-state index in [-0.39, 0.29) is 0 Å². The smallest absolute Gasteiger partial charge is 0.105 e. The van der Waals surface area contributed by atoms with Crippen molar-refractivity contribution in [1.82, 2.24) is 14.9 Å². The quantitative estimate of drug-likeness (QED) is 0.690. The van der Waals surface area contributed by atoms with Crippen LogP contribution in [-0.4, -0.2) is 30.3 Å². The first kappa shape index (κ1) is 11.2. The van der Waals surface area contributed by atoms with Gasteiger partial charge in [-0.3, -0.25) is 0 Å². The summed E-state index contributed by atoms with van der Waals surface area (Å²) in [4.78, 5) is 4.30. The molecule has 0 spiro atoms. The van der Waals surface area contributed by atoms with Crippen LogP contribution in [0.4, 0.5) is 0 Å². The Morgan fingerprint density at radius 1 is 1.57 bits per heavy atom. The molecule has 0 saturated heterocycles. The van der Waals surface area contributed by atoms with Crippen LogP contribution in [0.1, 0.15) is 17.9 Å². The lowest BCUT2D eigenvalue weighted by Crippen LogP contribution is -2.13. The SMILES string of the molecule is CNCc1cnc(C)n1CCCOC. The van der Waals surface area contributed by atoms with Gasteiger partial charge in [-0.15, -0.1) is 0 Å². The standard InChI is InChI=1S/C10H19N3O/c1-9-12-8-10(7-11-2)13(9)5-4-6-14-3/h8,11H,4-7H2,1-3H3. The summed E-state index contributed by atoms with van der Waals surface area (Å²) in [7, 11) is 3.68. The van der Waals surface area contributed by atoms with Gasteiger partial charge in [0.25, 0.3) is 0 Å². The summed E-state index contributed by atoms with van der Waals surface area (Å²) in [6, 6.07) is 0. The maximum atomic E-state index is 5.03. The Morgan fingerprint density at radius 2 is 2.36 bits per heavy atom. The number of aryl methyl sites for hydroxylation is 1. The third-order valence-electron chi connectivity index (χ3n) is 2.23. The number of methoxy groups -OCH3 is 1. The summed E-state index contributed by atoms with van der Waals surface area (Å²) in [6.07, 6.45) is 2.96. The number of imidazole rings is 1. The molecule has 0 radical (unpaired) electrons. The summed E-state index contributed by atoms with van der Waals surface area (Å²) in [5.74, 6) is 1.08. The monoisotopic (exact) mass is 197 g/mol. The molecule has 0 amide bonds. The topological polar surface area (TPSA) is 39.1 Å². The summed E-state index contributed by atoms with van der Waals surface area (Å²) < 4.78 is 7.26. The predicted molar refractivity (Wildman–Crippen MR) is 56.2 cm³/mol. The fourth-order valence-corrected chi connectivity index (χ4v) is 1.51. The van der Waals surface area contributed by atoms with Gasteiger partial charge in [-0.2, -0.15) is 0 Å². The third kappa shape index (κ3) is 2.82. The van der Waals surface area contributed by atoms with Gasteiger partial charge >= 0.3 is 0 Å². The summed E-state index contributed by atoms with van der Waals surface area (Å²) in [5, 5.41) is 3.14. The van der Waals surface area contributed by atoms with E-state index < -0.39 is 0 Å². The van der Waals surface area contributed by atoms with E-state index in [1.807, 2.05) is 20.2 Å². The van der Waals surface area contributed by atoms with Crippen LogP contribution in [-0.2, 0) is 17.8 Å². The molecule has 0 unspecified atom stereocenters. The third-order valence-corrected chi connectivity index (χ3v) is 2.23. The first-order chi connectivity index (χ1) is 6.79. The zero-order chi connectivity index (χ0) is 10.4. The van der Waals surface area contributed by atoms with Crippen molar-refractivity contribution in [3.05, 3.63) is 17.7 Å². The van der Waals surface area contributed by atoms with Crippen molar-refractivity contribution in [1.29, 1.82) is 0 Å². The molecule has 1 heterocycles. The number of hydrogen-bond acceptors (Lipinski definition) is 3. The van der Waals surface area contributed by atoms with Crippen molar-refractivity contribution in [2.75, 3.05) is 20.8 Å². The van der Waals surface area contributed by atoms with Crippen molar-refractivity contribution in [3.63, 3.8) is 0 Å². The lowest BCUT2D eigenvalue weighted by atomic mass is 10.4. The van der Waals surface area contributed by atoms with E-state index in [9.17, 15) is 0 Å². The van der Waals surface area contributed by atoms with Gasteiger partial charge in [-0.25, -0.2) is 4.98 Å². The van der Waals surface area contributed by atoms with Gasteiger partial charge in [0.2, 0.25) is 0 Å². The Kier molecular flexibility index (Phi) is 4.62. The van der Waals surface area contributed by atoms with Gasteiger partial charge in [-0.05, 0) is 20.4 Å². The van der Waals surface area contributed by atoms with Gasteiger partial charge in [0.1, 0.15) is 5.82 Å². The van der Waals surface area contributed by atoms with E-state index in [0.717, 1.165) is 31.9 Å².